The van der Waals surface area contributed by atoms with Crippen LogP contribution in [0, 0.1) is 0 Å². The molecule has 2 aromatic heterocycles. The van der Waals surface area contributed by atoms with Crippen molar-refractivity contribution in [3.8, 4) is 16.9 Å². The number of amides is 1. The van der Waals surface area contributed by atoms with Crippen molar-refractivity contribution in [3.63, 3.8) is 0 Å². The van der Waals surface area contributed by atoms with Crippen molar-refractivity contribution in [2.45, 2.75) is 5.16 Å². The van der Waals surface area contributed by atoms with Crippen molar-refractivity contribution >= 4 is 66.0 Å². The van der Waals surface area contributed by atoms with Crippen molar-refractivity contribution in [2.75, 3.05) is 11.1 Å². The van der Waals surface area contributed by atoms with E-state index in [9.17, 15) is 4.79 Å². The standard InChI is InChI=1S/C18H12Br2N6OS2/c19-12-3-1-11(2-4-12)15-9-28-17(21-15)22-16(27)10-29-18-23-24-25-26(18)14-7-5-13(20)6-8-14/h1-9H,10H2,(H,21,22,27). The first-order valence-corrected chi connectivity index (χ1v) is 11.7. The molecule has 0 radical (unpaired) electrons. The van der Waals surface area contributed by atoms with Crippen LogP contribution in [0.25, 0.3) is 16.9 Å². The summed E-state index contributed by atoms with van der Waals surface area (Å²) < 4.78 is 3.57. The molecule has 4 rings (SSSR count). The molecular formula is C18H12Br2N6OS2. The van der Waals surface area contributed by atoms with Gasteiger partial charge < -0.3 is 5.32 Å². The number of halogens is 2. The number of thiazole rings is 1. The van der Waals surface area contributed by atoms with Gasteiger partial charge in [-0.15, -0.1) is 16.4 Å². The molecule has 0 aliphatic carbocycles. The first-order valence-electron chi connectivity index (χ1n) is 8.27. The van der Waals surface area contributed by atoms with Crippen molar-refractivity contribution in [3.05, 3.63) is 62.9 Å². The summed E-state index contributed by atoms with van der Waals surface area (Å²) in [7, 11) is 0. The van der Waals surface area contributed by atoms with E-state index < -0.39 is 0 Å². The summed E-state index contributed by atoms with van der Waals surface area (Å²) in [5, 5.41) is 17.5. The predicted molar refractivity (Wildman–Crippen MR) is 121 cm³/mol. The molecule has 11 heteroatoms. The zero-order valence-electron chi connectivity index (χ0n) is 14.6. The summed E-state index contributed by atoms with van der Waals surface area (Å²) in [6.45, 7) is 0. The van der Waals surface area contributed by atoms with E-state index in [1.807, 2.05) is 53.9 Å². The van der Waals surface area contributed by atoms with Crippen LogP contribution in [0.2, 0.25) is 0 Å². The van der Waals surface area contributed by atoms with E-state index in [0.717, 1.165) is 25.9 Å². The van der Waals surface area contributed by atoms with Crippen molar-refractivity contribution in [1.82, 2.24) is 25.2 Å². The first kappa shape index (κ1) is 20.2. The fourth-order valence-corrected chi connectivity index (χ4v) is 4.34. The Morgan fingerprint density at radius 3 is 2.48 bits per heavy atom. The highest BCUT2D eigenvalue weighted by atomic mass is 79.9. The monoisotopic (exact) mass is 550 g/mol. The van der Waals surface area contributed by atoms with Gasteiger partial charge in [-0.05, 0) is 46.8 Å². The smallest absolute Gasteiger partial charge is 0.236 e. The molecular weight excluding hydrogens is 540 g/mol. The van der Waals surface area contributed by atoms with Gasteiger partial charge in [0.2, 0.25) is 11.1 Å². The van der Waals surface area contributed by atoms with Gasteiger partial charge in [-0.3, -0.25) is 4.79 Å². The number of tetrazole rings is 1. The van der Waals surface area contributed by atoms with Gasteiger partial charge in [0.05, 0.1) is 17.1 Å². The maximum Gasteiger partial charge on any atom is 0.236 e. The second-order valence-corrected chi connectivity index (χ2v) is 9.36. The number of thioether (sulfide) groups is 1. The Labute approximate surface area is 191 Å². The zero-order chi connectivity index (χ0) is 20.2. The average Bonchev–Trinajstić information content (AvgIpc) is 3.37. The van der Waals surface area contributed by atoms with Crippen LogP contribution >= 0.6 is 55.0 Å². The van der Waals surface area contributed by atoms with Crippen LogP contribution in [0.5, 0.6) is 0 Å². The van der Waals surface area contributed by atoms with Crippen LogP contribution in [-0.2, 0) is 4.79 Å². The van der Waals surface area contributed by atoms with E-state index in [4.69, 9.17) is 0 Å². The van der Waals surface area contributed by atoms with Crippen molar-refractivity contribution < 1.29 is 4.79 Å². The van der Waals surface area contributed by atoms with E-state index in [2.05, 4.69) is 57.7 Å². The predicted octanol–water partition coefficient (Wildman–Crippen LogP) is 5.04. The molecule has 0 unspecified atom stereocenters. The number of anilines is 1. The number of carbonyl (C=O) groups is 1. The Hall–Kier alpha value is -2.08. The molecule has 4 aromatic rings. The van der Waals surface area contributed by atoms with Gasteiger partial charge in [-0.25, -0.2) is 4.98 Å². The molecule has 2 heterocycles. The van der Waals surface area contributed by atoms with E-state index in [-0.39, 0.29) is 11.7 Å². The summed E-state index contributed by atoms with van der Waals surface area (Å²) in [5.74, 6) is 0.00135. The highest BCUT2D eigenvalue weighted by Crippen LogP contribution is 2.26. The summed E-state index contributed by atoms with van der Waals surface area (Å²) in [4.78, 5) is 16.8. The van der Waals surface area contributed by atoms with Crippen LogP contribution in [0.3, 0.4) is 0 Å². The first-order chi connectivity index (χ1) is 14.1. The molecule has 29 heavy (non-hydrogen) atoms. The third-order valence-electron chi connectivity index (χ3n) is 3.73. The van der Waals surface area contributed by atoms with Gasteiger partial charge in [0.25, 0.3) is 0 Å². The molecule has 0 aliphatic heterocycles. The van der Waals surface area contributed by atoms with Crippen LogP contribution < -0.4 is 5.32 Å². The topological polar surface area (TPSA) is 85.6 Å². The minimum atomic E-state index is -0.169. The van der Waals surface area contributed by atoms with E-state index >= 15 is 0 Å². The highest BCUT2D eigenvalue weighted by molar-refractivity contribution is 9.10. The molecule has 2 aromatic carbocycles. The van der Waals surface area contributed by atoms with E-state index in [0.29, 0.717) is 10.3 Å². The Morgan fingerprint density at radius 1 is 1.07 bits per heavy atom. The summed E-state index contributed by atoms with van der Waals surface area (Å²) in [5.41, 5.74) is 2.64. The molecule has 0 spiro atoms. The molecule has 0 bridgehead atoms. The number of benzene rings is 2. The lowest BCUT2D eigenvalue weighted by Gasteiger charge is -2.04. The number of aromatic nitrogens is 5. The quantitative estimate of drug-likeness (QED) is 0.338. The molecule has 7 nitrogen and oxygen atoms in total. The minimum Gasteiger partial charge on any atom is -0.301 e. The molecule has 0 fully saturated rings. The minimum absolute atomic E-state index is 0.169. The number of rotatable bonds is 6. The molecule has 0 atom stereocenters. The van der Waals surface area contributed by atoms with Gasteiger partial charge in [-0.2, -0.15) is 4.68 Å². The van der Waals surface area contributed by atoms with Crippen molar-refractivity contribution in [2.24, 2.45) is 0 Å². The fraction of sp³-hybridized carbons (Fsp3) is 0.0556. The summed E-state index contributed by atoms with van der Waals surface area (Å²) in [6, 6.07) is 15.5. The van der Waals surface area contributed by atoms with Gasteiger partial charge in [0.15, 0.2) is 5.13 Å². The Morgan fingerprint density at radius 2 is 1.76 bits per heavy atom. The number of nitrogens with one attached hydrogen (secondary N) is 1. The lowest BCUT2D eigenvalue weighted by atomic mass is 10.2. The Balaban J connectivity index is 1.37. The zero-order valence-corrected chi connectivity index (χ0v) is 19.4. The fourth-order valence-electron chi connectivity index (χ4n) is 2.38. The van der Waals surface area contributed by atoms with Crippen LogP contribution in [0.1, 0.15) is 0 Å². The largest absolute Gasteiger partial charge is 0.301 e. The summed E-state index contributed by atoms with van der Waals surface area (Å²) >= 11 is 9.47. The number of nitrogens with zero attached hydrogens (tertiary/aromatic N) is 5. The van der Waals surface area contributed by atoms with Crippen LogP contribution in [0.4, 0.5) is 5.13 Å². The van der Waals surface area contributed by atoms with Gasteiger partial charge in [-0.1, -0.05) is 55.8 Å². The number of hydrogen-bond donors (Lipinski definition) is 1. The molecule has 1 N–H and O–H groups in total. The molecule has 0 aliphatic rings. The number of hydrogen-bond acceptors (Lipinski definition) is 7. The molecule has 146 valence electrons. The Bertz CT molecular complexity index is 1130. The van der Waals surface area contributed by atoms with Gasteiger partial charge in [0, 0.05) is 19.9 Å². The second kappa shape index (κ2) is 9.16. The van der Waals surface area contributed by atoms with Crippen LogP contribution in [-0.4, -0.2) is 36.9 Å². The SMILES string of the molecule is O=C(CSc1nnnn1-c1ccc(Br)cc1)Nc1nc(-c2ccc(Br)cc2)cs1. The van der Waals surface area contributed by atoms with Gasteiger partial charge in [0.1, 0.15) is 0 Å². The molecule has 0 saturated heterocycles. The van der Waals surface area contributed by atoms with Crippen LogP contribution in [0.15, 0.2) is 68.0 Å². The lowest BCUT2D eigenvalue weighted by Crippen LogP contribution is -2.14. The average molecular weight is 552 g/mol. The third-order valence-corrected chi connectivity index (χ3v) is 6.47. The Kier molecular flexibility index (Phi) is 6.38. The molecule has 0 saturated carbocycles. The summed E-state index contributed by atoms with van der Waals surface area (Å²) in [6.07, 6.45) is 0. The second-order valence-electron chi connectivity index (χ2n) is 5.73. The molecule has 1 amide bonds. The lowest BCUT2D eigenvalue weighted by molar-refractivity contribution is -0.113. The number of carbonyl (C=O) groups excluding carboxylic acids is 1. The highest BCUT2D eigenvalue weighted by Gasteiger charge is 2.13. The third kappa shape index (κ3) is 5.10. The maximum absolute atomic E-state index is 12.3. The van der Waals surface area contributed by atoms with E-state index in [1.165, 1.54) is 23.1 Å². The van der Waals surface area contributed by atoms with Crippen molar-refractivity contribution in [1.29, 1.82) is 0 Å². The normalized spacial score (nSPS) is 10.8. The maximum atomic E-state index is 12.3. The van der Waals surface area contributed by atoms with E-state index in [1.54, 1.807) is 4.68 Å². The van der Waals surface area contributed by atoms with Gasteiger partial charge >= 0.3 is 0 Å².